The first-order chi connectivity index (χ1) is 15.0. The zero-order valence-electron chi connectivity index (χ0n) is 17.2. The van der Waals surface area contributed by atoms with Gasteiger partial charge in [-0.2, -0.15) is 0 Å². The molecule has 5 aromatic rings. The van der Waals surface area contributed by atoms with Crippen LogP contribution in [0.1, 0.15) is 22.8 Å². The van der Waals surface area contributed by atoms with Crippen LogP contribution in [-0.4, -0.2) is 26.6 Å². The summed E-state index contributed by atoms with van der Waals surface area (Å²) in [5.41, 5.74) is 4.36. The van der Waals surface area contributed by atoms with E-state index in [1.54, 1.807) is 13.3 Å². The van der Waals surface area contributed by atoms with E-state index in [1.807, 2.05) is 54.6 Å². The van der Waals surface area contributed by atoms with Gasteiger partial charge < -0.3 is 14.2 Å². The van der Waals surface area contributed by atoms with Gasteiger partial charge in [-0.25, -0.2) is 4.98 Å². The quantitative estimate of drug-likeness (QED) is 0.443. The Hall–Kier alpha value is -3.58. The van der Waals surface area contributed by atoms with Crippen LogP contribution >= 0.6 is 11.6 Å². The SMILES string of the molecule is COc1cc2c(cc1-c1c(C)noc1C)c(=O)[nH]c1cnc(Cc3ccccc3Cl)n12. The van der Waals surface area contributed by atoms with E-state index >= 15 is 0 Å². The lowest BCUT2D eigenvalue weighted by Gasteiger charge is -2.12. The first-order valence-corrected chi connectivity index (χ1v) is 10.1. The molecular weight excluding hydrogens is 416 g/mol. The van der Waals surface area contributed by atoms with Crippen LogP contribution in [-0.2, 0) is 6.42 Å². The molecule has 156 valence electrons. The highest BCUT2D eigenvalue weighted by molar-refractivity contribution is 6.31. The maximum Gasteiger partial charge on any atom is 0.258 e. The summed E-state index contributed by atoms with van der Waals surface area (Å²) in [5.74, 6) is 2.04. The zero-order valence-corrected chi connectivity index (χ0v) is 17.9. The minimum absolute atomic E-state index is 0.206. The van der Waals surface area contributed by atoms with Crippen LogP contribution in [0, 0.1) is 13.8 Å². The van der Waals surface area contributed by atoms with Crippen molar-refractivity contribution in [3.05, 3.63) is 80.8 Å². The summed E-state index contributed by atoms with van der Waals surface area (Å²) in [4.78, 5) is 20.4. The number of benzene rings is 2. The molecule has 0 aliphatic heterocycles. The van der Waals surface area contributed by atoms with E-state index in [-0.39, 0.29) is 5.56 Å². The number of aromatic amines is 1. The van der Waals surface area contributed by atoms with Crippen LogP contribution in [0.2, 0.25) is 5.02 Å². The van der Waals surface area contributed by atoms with E-state index < -0.39 is 0 Å². The molecule has 7 nitrogen and oxygen atoms in total. The van der Waals surface area contributed by atoms with E-state index in [1.165, 1.54) is 0 Å². The Labute approximate surface area is 182 Å². The largest absolute Gasteiger partial charge is 0.496 e. The second kappa shape index (κ2) is 7.28. The van der Waals surface area contributed by atoms with Gasteiger partial charge in [-0.05, 0) is 31.5 Å². The van der Waals surface area contributed by atoms with Gasteiger partial charge in [0.05, 0.1) is 35.5 Å². The number of imidazole rings is 1. The Morgan fingerprint density at radius 2 is 2.03 bits per heavy atom. The Bertz CT molecular complexity index is 1490. The van der Waals surface area contributed by atoms with Gasteiger partial charge in [0.1, 0.15) is 23.0 Å². The number of nitrogens with one attached hydrogen (secondary N) is 1. The van der Waals surface area contributed by atoms with Crippen LogP contribution < -0.4 is 10.3 Å². The molecule has 31 heavy (non-hydrogen) atoms. The normalized spacial score (nSPS) is 11.5. The second-order valence-corrected chi connectivity index (χ2v) is 7.79. The maximum atomic E-state index is 12.9. The first-order valence-electron chi connectivity index (χ1n) is 9.75. The van der Waals surface area contributed by atoms with Crippen LogP contribution in [0.4, 0.5) is 0 Å². The van der Waals surface area contributed by atoms with E-state index in [0.29, 0.717) is 39.5 Å². The maximum absolute atomic E-state index is 12.9. The van der Waals surface area contributed by atoms with Gasteiger partial charge in [0.15, 0.2) is 0 Å². The van der Waals surface area contributed by atoms with Crippen molar-refractivity contribution >= 4 is 28.2 Å². The fourth-order valence-electron chi connectivity index (χ4n) is 4.04. The molecule has 2 aromatic carbocycles. The summed E-state index contributed by atoms with van der Waals surface area (Å²) < 4.78 is 13.0. The van der Waals surface area contributed by atoms with Gasteiger partial charge >= 0.3 is 0 Å². The number of hydrogen-bond donors (Lipinski definition) is 1. The van der Waals surface area contributed by atoms with Gasteiger partial charge in [-0.15, -0.1) is 0 Å². The van der Waals surface area contributed by atoms with Gasteiger partial charge in [0, 0.05) is 23.1 Å². The van der Waals surface area contributed by atoms with E-state index in [9.17, 15) is 4.79 Å². The molecule has 0 atom stereocenters. The van der Waals surface area contributed by atoms with Crippen LogP contribution in [0.25, 0.3) is 27.7 Å². The number of nitrogens with zero attached hydrogens (tertiary/aromatic N) is 3. The average molecular weight is 435 g/mol. The van der Waals surface area contributed by atoms with Crippen molar-refractivity contribution in [1.82, 2.24) is 19.5 Å². The van der Waals surface area contributed by atoms with E-state index in [4.69, 9.17) is 20.9 Å². The number of ether oxygens (including phenoxy) is 1. The molecule has 0 bridgehead atoms. The monoisotopic (exact) mass is 434 g/mol. The number of aromatic nitrogens is 4. The molecule has 0 unspecified atom stereocenters. The zero-order chi connectivity index (χ0) is 21.7. The Kier molecular flexibility index (Phi) is 4.55. The fraction of sp³-hybridized carbons (Fsp3) is 0.174. The first kappa shape index (κ1) is 19.4. The van der Waals surface area contributed by atoms with Crippen molar-refractivity contribution < 1.29 is 9.26 Å². The van der Waals surface area contributed by atoms with Crippen molar-refractivity contribution in [2.75, 3.05) is 7.11 Å². The van der Waals surface area contributed by atoms with Crippen molar-refractivity contribution in [2.45, 2.75) is 20.3 Å². The standard InChI is InChI=1S/C23H19ClN4O3/c1-12-22(13(2)31-27-12)16-9-15-18(10-19(16)30-3)28-20(25-11-21(28)26-23(15)29)8-14-6-4-5-7-17(14)24/h4-7,9-11H,8H2,1-3H3,(H,26,29). The molecule has 0 aliphatic rings. The Morgan fingerprint density at radius 3 is 2.74 bits per heavy atom. The average Bonchev–Trinajstić information content (AvgIpc) is 3.31. The third kappa shape index (κ3) is 3.09. The summed E-state index contributed by atoms with van der Waals surface area (Å²) in [6.45, 7) is 3.70. The summed E-state index contributed by atoms with van der Waals surface area (Å²) in [6.07, 6.45) is 2.17. The summed E-state index contributed by atoms with van der Waals surface area (Å²) >= 11 is 6.36. The number of H-pyrrole nitrogens is 1. The summed E-state index contributed by atoms with van der Waals surface area (Å²) in [6, 6.07) is 11.3. The molecule has 8 heteroatoms. The lowest BCUT2D eigenvalue weighted by molar-refractivity contribution is 0.393. The number of fused-ring (bicyclic) bond motifs is 3. The van der Waals surface area contributed by atoms with Gasteiger partial charge in [0.25, 0.3) is 5.56 Å². The lowest BCUT2D eigenvalue weighted by Crippen LogP contribution is -2.11. The van der Waals surface area contributed by atoms with Crippen molar-refractivity contribution in [1.29, 1.82) is 0 Å². The highest BCUT2D eigenvalue weighted by atomic mass is 35.5. The molecule has 0 spiro atoms. The molecule has 3 aromatic heterocycles. The number of methoxy groups -OCH3 is 1. The highest BCUT2D eigenvalue weighted by Crippen LogP contribution is 2.37. The Morgan fingerprint density at radius 1 is 1.23 bits per heavy atom. The molecule has 0 saturated carbocycles. The molecule has 1 N–H and O–H groups in total. The molecular formula is C23H19ClN4O3. The van der Waals surface area contributed by atoms with Crippen molar-refractivity contribution in [3.63, 3.8) is 0 Å². The molecule has 0 radical (unpaired) electrons. The summed E-state index contributed by atoms with van der Waals surface area (Å²) in [5, 5.41) is 5.23. The van der Waals surface area contributed by atoms with Crippen molar-refractivity contribution in [2.24, 2.45) is 0 Å². The third-order valence-corrected chi connectivity index (χ3v) is 5.86. The molecule has 0 amide bonds. The predicted octanol–water partition coefficient (Wildman–Crippen LogP) is 4.70. The smallest absolute Gasteiger partial charge is 0.258 e. The number of rotatable bonds is 4. The van der Waals surface area contributed by atoms with Gasteiger partial charge in [-0.3, -0.25) is 9.20 Å². The van der Waals surface area contributed by atoms with Crippen molar-refractivity contribution in [3.8, 4) is 16.9 Å². The van der Waals surface area contributed by atoms with Crippen LogP contribution in [0.5, 0.6) is 5.75 Å². The minimum Gasteiger partial charge on any atom is -0.496 e. The predicted molar refractivity (Wildman–Crippen MR) is 119 cm³/mol. The molecule has 5 rings (SSSR count). The van der Waals surface area contributed by atoms with E-state index in [2.05, 4.69) is 15.1 Å². The molecule has 3 heterocycles. The lowest BCUT2D eigenvalue weighted by atomic mass is 10.0. The number of hydrogen-bond acceptors (Lipinski definition) is 5. The molecule has 0 fully saturated rings. The minimum atomic E-state index is -0.206. The fourth-order valence-corrected chi connectivity index (χ4v) is 4.24. The highest BCUT2D eigenvalue weighted by Gasteiger charge is 2.20. The summed E-state index contributed by atoms with van der Waals surface area (Å²) in [7, 11) is 1.60. The third-order valence-electron chi connectivity index (χ3n) is 5.49. The van der Waals surface area contributed by atoms with Crippen LogP contribution in [0.15, 0.2) is 51.9 Å². The molecule has 0 aliphatic carbocycles. The van der Waals surface area contributed by atoms with E-state index in [0.717, 1.165) is 28.2 Å². The number of halogens is 1. The topological polar surface area (TPSA) is 85.4 Å². The Balaban J connectivity index is 1.79. The second-order valence-electron chi connectivity index (χ2n) is 7.39. The number of aryl methyl sites for hydroxylation is 2. The van der Waals surface area contributed by atoms with Crippen LogP contribution in [0.3, 0.4) is 0 Å². The van der Waals surface area contributed by atoms with Gasteiger partial charge in [0.2, 0.25) is 0 Å². The molecule has 0 saturated heterocycles. The van der Waals surface area contributed by atoms with Gasteiger partial charge in [-0.1, -0.05) is 35.0 Å².